The van der Waals surface area contributed by atoms with Crippen LogP contribution in [0.2, 0.25) is 5.02 Å². The first-order valence-corrected chi connectivity index (χ1v) is 7.34. The van der Waals surface area contributed by atoms with Gasteiger partial charge in [0.05, 0.1) is 5.69 Å². The molecule has 0 atom stereocenters. The zero-order valence-corrected chi connectivity index (χ0v) is 12.9. The number of halogens is 1. The highest BCUT2D eigenvalue weighted by Crippen LogP contribution is 2.12. The van der Waals surface area contributed by atoms with Crippen molar-refractivity contribution in [3.8, 4) is 5.69 Å². The molecule has 23 heavy (non-hydrogen) atoms. The zero-order chi connectivity index (χ0) is 16.1. The van der Waals surface area contributed by atoms with E-state index in [2.05, 4.69) is 20.8 Å². The molecule has 2 aromatic carbocycles. The molecule has 0 aliphatic carbocycles. The fourth-order valence-corrected chi connectivity index (χ4v) is 2.20. The Morgan fingerprint density at radius 1 is 1.09 bits per heavy atom. The van der Waals surface area contributed by atoms with E-state index < -0.39 is 5.69 Å². The minimum Gasteiger partial charge on any atom is -0.289 e. The highest BCUT2D eigenvalue weighted by atomic mass is 35.5. The molecule has 0 amide bonds. The zero-order valence-electron chi connectivity index (χ0n) is 12.1. The summed E-state index contributed by atoms with van der Waals surface area (Å²) in [6, 6.07) is 16.8. The van der Waals surface area contributed by atoms with E-state index in [1.165, 1.54) is 10.9 Å². The van der Waals surface area contributed by atoms with Crippen molar-refractivity contribution in [2.24, 2.45) is 0 Å². The first-order chi connectivity index (χ1) is 11.2. The molecule has 0 aliphatic rings. The van der Waals surface area contributed by atoms with Crippen LogP contribution in [0.4, 0.5) is 5.95 Å². The summed E-state index contributed by atoms with van der Waals surface area (Å²) in [5.41, 5.74) is 7.06. The van der Waals surface area contributed by atoms with Crippen LogP contribution in [0.1, 0.15) is 5.56 Å². The summed E-state index contributed by atoms with van der Waals surface area (Å²) in [6.45, 7) is 0.585. The fraction of sp³-hybridized carbons (Fsp3) is 0.0625. The molecule has 0 radical (unpaired) electrons. The van der Waals surface area contributed by atoms with Crippen molar-refractivity contribution in [3.63, 3.8) is 0 Å². The van der Waals surface area contributed by atoms with E-state index in [0.717, 1.165) is 5.56 Å². The predicted octanol–water partition coefficient (Wildman–Crippen LogP) is 2.40. The second-order valence-corrected chi connectivity index (χ2v) is 5.21. The van der Waals surface area contributed by atoms with Crippen LogP contribution in [0.25, 0.3) is 5.69 Å². The lowest BCUT2D eigenvalue weighted by Crippen LogP contribution is -2.28. The average molecular weight is 328 g/mol. The smallest absolute Gasteiger partial charge is 0.289 e. The molecular formula is C16H14ClN5O. The van der Waals surface area contributed by atoms with Gasteiger partial charge in [0.15, 0.2) is 0 Å². The maximum atomic E-state index is 12.1. The molecule has 7 heteroatoms. The summed E-state index contributed by atoms with van der Waals surface area (Å²) >= 11 is 5.93. The van der Waals surface area contributed by atoms with Crippen LogP contribution in [-0.2, 0) is 6.54 Å². The van der Waals surface area contributed by atoms with Crippen LogP contribution < -0.4 is 16.5 Å². The van der Waals surface area contributed by atoms with Crippen LogP contribution in [0.5, 0.6) is 0 Å². The second-order valence-electron chi connectivity index (χ2n) is 4.78. The number of hydrazine groups is 1. The van der Waals surface area contributed by atoms with Gasteiger partial charge in [0, 0.05) is 11.6 Å². The van der Waals surface area contributed by atoms with E-state index in [0.29, 0.717) is 17.3 Å². The van der Waals surface area contributed by atoms with E-state index in [9.17, 15) is 4.79 Å². The molecule has 1 heterocycles. The van der Waals surface area contributed by atoms with E-state index in [1.807, 2.05) is 30.3 Å². The largest absolute Gasteiger partial charge is 0.356 e. The van der Waals surface area contributed by atoms with E-state index >= 15 is 0 Å². The fourth-order valence-electron chi connectivity index (χ4n) is 2.02. The van der Waals surface area contributed by atoms with Gasteiger partial charge < -0.3 is 0 Å². The Morgan fingerprint density at radius 2 is 1.91 bits per heavy atom. The highest BCUT2D eigenvalue weighted by molar-refractivity contribution is 6.30. The van der Waals surface area contributed by atoms with Crippen LogP contribution in [0, 0.1) is 0 Å². The van der Waals surface area contributed by atoms with Crippen molar-refractivity contribution < 1.29 is 0 Å². The van der Waals surface area contributed by atoms with Gasteiger partial charge in [-0.2, -0.15) is 4.98 Å². The summed E-state index contributed by atoms with van der Waals surface area (Å²) in [5.74, 6) is 0.212. The van der Waals surface area contributed by atoms with Gasteiger partial charge >= 0.3 is 5.69 Å². The molecule has 116 valence electrons. The Balaban J connectivity index is 1.69. The number of anilines is 1. The molecule has 6 nitrogen and oxygen atoms in total. The van der Waals surface area contributed by atoms with Crippen LogP contribution >= 0.6 is 11.6 Å². The van der Waals surface area contributed by atoms with Crippen molar-refractivity contribution in [1.82, 2.24) is 20.0 Å². The predicted molar refractivity (Wildman–Crippen MR) is 89.5 cm³/mol. The maximum Gasteiger partial charge on any atom is 0.356 e. The quantitative estimate of drug-likeness (QED) is 0.704. The van der Waals surface area contributed by atoms with Gasteiger partial charge in [-0.05, 0) is 23.8 Å². The minimum atomic E-state index is -0.439. The Kier molecular flexibility index (Phi) is 4.65. The van der Waals surface area contributed by atoms with Crippen LogP contribution in [0.15, 0.2) is 65.7 Å². The number of benzene rings is 2. The number of hydrogen-bond acceptors (Lipinski definition) is 5. The molecular weight excluding hydrogens is 314 g/mol. The molecule has 3 rings (SSSR count). The van der Waals surface area contributed by atoms with E-state index in [-0.39, 0.29) is 5.95 Å². The SMILES string of the molecule is O=c1nc(NNCc2ccccc2)ncn1-c1cccc(Cl)c1. The van der Waals surface area contributed by atoms with Crippen molar-refractivity contribution >= 4 is 17.5 Å². The third-order valence-corrected chi connectivity index (χ3v) is 3.36. The molecule has 0 saturated heterocycles. The third kappa shape index (κ3) is 3.94. The molecule has 0 aliphatic heterocycles. The number of aromatic nitrogens is 3. The lowest BCUT2D eigenvalue weighted by molar-refractivity contribution is 0.767. The van der Waals surface area contributed by atoms with Gasteiger partial charge in [-0.25, -0.2) is 15.2 Å². The van der Waals surface area contributed by atoms with Gasteiger partial charge in [0.1, 0.15) is 6.33 Å². The number of nitrogens with zero attached hydrogens (tertiary/aromatic N) is 3. The molecule has 0 spiro atoms. The molecule has 0 saturated carbocycles. The number of rotatable bonds is 5. The summed E-state index contributed by atoms with van der Waals surface area (Å²) in [6.07, 6.45) is 1.41. The number of hydrogen-bond donors (Lipinski definition) is 2. The molecule has 0 fully saturated rings. The maximum absolute atomic E-state index is 12.1. The lowest BCUT2D eigenvalue weighted by Gasteiger charge is -2.08. The molecule has 1 aromatic heterocycles. The van der Waals surface area contributed by atoms with Crippen LogP contribution in [0.3, 0.4) is 0 Å². The van der Waals surface area contributed by atoms with Crippen molar-refractivity contribution in [2.75, 3.05) is 5.43 Å². The Morgan fingerprint density at radius 3 is 2.65 bits per heavy atom. The first kappa shape index (κ1) is 15.2. The van der Waals surface area contributed by atoms with Gasteiger partial charge in [-0.1, -0.05) is 48.0 Å². The molecule has 0 unspecified atom stereocenters. The highest BCUT2D eigenvalue weighted by Gasteiger charge is 2.04. The van der Waals surface area contributed by atoms with Crippen molar-refractivity contribution in [1.29, 1.82) is 0 Å². The second kappa shape index (κ2) is 7.04. The molecule has 0 bridgehead atoms. The summed E-state index contributed by atoms with van der Waals surface area (Å²) in [4.78, 5) is 20.1. The summed E-state index contributed by atoms with van der Waals surface area (Å²) in [5, 5.41) is 0.543. The monoisotopic (exact) mass is 327 g/mol. The van der Waals surface area contributed by atoms with Crippen molar-refractivity contribution in [3.05, 3.63) is 82.0 Å². The van der Waals surface area contributed by atoms with Gasteiger partial charge in [0.25, 0.3) is 0 Å². The van der Waals surface area contributed by atoms with Crippen LogP contribution in [-0.4, -0.2) is 14.5 Å². The van der Waals surface area contributed by atoms with E-state index in [1.54, 1.807) is 24.3 Å². The first-order valence-electron chi connectivity index (χ1n) is 6.97. The Hall–Kier alpha value is -2.70. The van der Waals surface area contributed by atoms with Crippen molar-refractivity contribution in [2.45, 2.75) is 6.54 Å². The van der Waals surface area contributed by atoms with E-state index in [4.69, 9.17) is 11.6 Å². The topological polar surface area (TPSA) is 71.8 Å². The lowest BCUT2D eigenvalue weighted by atomic mass is 10.2. The minimum absolute atomic E-state index is 0.212. The molecule has 3 aromatic rings. The van der Waals surface area contributed by atoms with Gasteiger partial charge in [-0.3, -0.25) is 9.99 Å². The third-order valence-electron chi connectivity index (χ3n) is 3.13. The Labute approximate surface area is 137 Å². The van der Waals surface area contributed by atoms with Gasteiger partial charge in [-0.15, -0.1) is 0 Å². The van der Waals surface area contributed by atoms with Gasteiger partial charge in [0.2, 0.25) is 5.95 Å². The standard InChI is InChI=1S/C16H14ClN5O/c17-13-7-4-8-14(9-13)22-11-18-15(20-16(22)23)21-19-10-12-5-2-1-3-6-12/h1-9,11,19H,10H2,(H,20,21,23). The average Bonchev–Trinajstić information content (AvgIpc) is 2.56. The Bertz CT molecular complexity index is 850. The normalized spacial score (nSPS) is 10.5. The number of nitrogens with one attached hydrogen (secondary N) is 2. The summed E-state index contributed by atoms with van der Waals surface area (Å²) < 4.78 is 1.33. The molecule has 2 N–H and O–H groups in total. The summed E-state index contributed by atoms with van der Waals surface area (Å²) in [7, 11) is 0.